The second-order valence-electron chi connectivity index (χ2n) is 6.91. The fraction of sp³-hybridized carbons (Fsp3) is 0.667. The second-order valence-corrected chi connectivity index (χ2v) is 6.91. The zero-order valence-electron chi connectivity index (χ0n) is 15.3. The highest BCUT2D eigenvalue weighted by Crippen LogP contribution is 2.13. The van der Waals surface area contributed by atoms with E-state index in [0.29, 0.717) is 18.1 Å². The molecule has 0 atom stereocenters. The summed E-state index contributed by atoms with van der Waals surface area (Å²) in [5, 5.41) is 0. The Morgan fingerprint density at radius 1 is 0.913 bits per heavy atom. The lowest BCUT2D eigenvalue weighted by molar-refractivity contribution is 0.0459. The van der Waals surface area contributed by atoms with Crippen molar-refractivity contribution in [1.82, 2.24) is 0 Å². The van der Waals surface area contributed by atoms with Gasteiger partial charge in [0.25, 0.3) is 0 Å². The summed E-state index contributed by atoms with van der Waals surface area (Å²) in [4.78, 5) is 11.8. The van der Waals surface area contributed by atoms with Gasteiger partial charge in [-0.3, -0.25) is 0 Å². The largest absolute Gasteiger partial charge is 0.462 e. The van der Waals surface area contributed by atoms with Gasteiger partial charge in [0, 0.05) is 0 Å². The number of ether oxygens (including phenoxy) is 1. The number of benzene rings is 1. The summed E-state index contributed by atoms with van der Waals surface area (Å²) >= 11 is 0. The lowest BCUT2D eigenvalue weighted by atomic mass is 10.0. The maximum Gasteiger partial charge on any atom is 0.338 e. The highest BCUT2D eigenvalue weighted by Gasteiger charge is 2.07. The summed E-state index contributed by atoms with van der Waals surface area (Å²) in [6, 6.07) is 7.91. The first-order valence-corrected chi connectivity index (χ1v) is 9.39. The van der Waals surface area contributed by atoms with E-state index in [-0.39, 0.29) is 5.97 Å². The van der Waals surface area contributed by atoms with Gasteiger partial charge in [-0.05, 0) is 36.5 Å². The predicted octanol–water partition coefficient (Wildman–Crippen LogP) is 6.18. The van der Waals surface area contributed by atoms with Crippen LogP contribution in [-0.4, -0.2) is 12.6 Å². The summed E-state index contributed by atoms with van der Waals surface area (Å²) in [6.45, 7) is 6.83. The molecule has 0 aliphatic heterocycles. The molecule has 1 aromatic carbocycles. The van der Waals surface area contributed by atoms with Crippen molar-refractivity contribution < 1.29 is 9.53 Å². The summed E-state index contributed by atoms with van der Waals surface area (Å²) in [7, 11) is 0. The molecular weight excluding hydrogens is 284 g/mol. The monoisotopic (exact) mass is 318 g/mol. The number of carbonyl (C=O) groups is 1. The lowest BCUT2D eigenvalue weighted by Crippen LogP contribution is -2.10. The van der Waals surface area contributed by atoms with Crippen LogP contribution in [0.1, 0.15) is 88.1 Å². The Labute approximate surface area is 142 Å². The SMILES string of the molecule is CCCCCCCCCCc1ccc(C(=O)OCC(C)C)cc1. The minimum absolute atomic E-state index is 0.211. The van der Waals surface area contributed by atoms with Gasteiger partial charge in [0.2, 0.25) is 0 Å². The first kappa shape index (κ1) is 19.7. The second kappa shape index (κ2) is 12.2. The highest BCUT2D eigenvalue weighted by molar-refractivity contribution is 5.89. The third kappa shape index (κ3) is 9.43. The van der Waals surface area contributed by atoms with Crippen LogP contribution in [0.25, 0.3) is 0 Å². The number of hydrogen-bond acceptors (Lipinski definition) is 2. The van der Waals surface area contributed by atoms with Gasteiger partial charge in [-0.25, -0.2) is 4.79 Å². The molecule has 23 heavy (non-hydrogen) atoms. The molecule has 2 nitrogen and oxygen atoms in total. The molecule has 0 aliphatic rings. The van der Waals surface area contributed by atoms with E-state index in [1.165, 1.54) is 56.9 Å². The topological polar surface area (TPSA) is 26.3 Å². The van der Waals surface area contributed by atoms with Crippen molar-refractivity contribution >= 4 is 5.97 Å². The van der Waals surface area contributed by atoms with Gasteiger partial charge in [0.15, 0.2) is 0 Å². The maximum absolute atomic E-state index is 11.8. The fourth-order valence-corrected chi connectivity index (χ4v) is 2.60. The first-order chi connectivity index (χ1) is 11.1. The van der Waals surface area contributed by atoms with Crippen LogP contribution in [0.15, 0.2) is 24.3 Å². The highest BCUT2D eigenvalue weighted by atomic mass is 16.5. The average molecular weight is 319 g/mol. The third-order valence-corrected chi connectivity index (χ3v) is 4.06. The molecule has 130 valence electrons. The van der Waals surface area contributed by atoms with Crippen LogP contribution in [0, 0.1) is 5.92 Å². The normalized spacial score (nSPS) is 11.0. The van der Waals surface area contributed by atoms with E-state index < -0.39 is 0 Å². The Kier molecular flexibility index (Phi) is 10.4. The van der Waals surface area contributed by atoms with Crippen molar-refractivity contribution in [2.75, 3.05) is 6.61 Å². The van der Waals surface area contributed by atoms with Crippen LogP contribution in [-0.2, 0) is 11.2 Å². The Hall–Kier alpha value is -1.31. The number of hydrogen-bond donors (Lipinski definition) is 0. The van der Waals surface area contributed by atoms with Crippen molar-refractivity contribution in [2.45, 2.75) is 78.6 Å². The number of esters is 1. The summed E-state index contributed by atoms with van der Waals surface area (Å²) in [6.07, 6.45) is 11.9. The molecule has 1 aromatic rings. The van der Waals surface area contributed by atoms with Gasteiger partial charge in [0.1, 0.15) is 0 Å². The van der Waals surface area contributed by atoms with E-state index in [1.807, 2.05) is 26.0 Å². The van der Waals surface area contributed by atoms with Crippen molar-refractivity contribution in [2.24, 2.45) is 5.92 Å². The minimum atomic E-state index is -0.211. The molecule has 0 bridgehead atoms. The molecule has 0 aliphatic carbocycles. The van der Waals surface area contributed by atoms with Crippen LogP contribution >= 0.6 is 0 Å². The molecule has 2 heteroatoms. The Morgan fingerprint density at radius 3 is 2.04 bits per heavy atom. The van der Waals surface area contributed by atoms with E-state index >= 15 is 0 Å². The molecular formula is C21H34O2. The smallest absolute Gasteiger partial charge is 0.338 e. The van der Waals surface area contributed by atoms with Crippen molar-refractivity contribution in [1.29, 1.82) is 0 Å². The van der Waals surface area contributed by atoms with E-state index in [2.05, 4.69) is 19.1 Å². The number of aryl methyl sites for hydroxylation is 1. The molecule has 0 spiro atoms. The van der Waals surface area contributed by atoms with Gasteiger partial charge in [-0.15, -0.1) is 0 Å². The molecule has 0 saturated carbocycles. The third-order valence-electron chi connectivity index (χ3n) is 4.06. The van der Waals surface area contributed by atoms with Crippen LogP contribution in [0.2, 0.25) is 0 Å². The first-order valence-electron chi connectivity index (χ1n) is 9.39. The Bertz CT molecular complexity index is 420. The zero-order chi connectivity index (χ0) is 16.9. The van der Waals surface area contributed by atoms with Crippen LogP contribution < -0.4 is 0 Å². The number of unbranched alkanes of at least 4 members (excludes halogenated alkanes) is 7. The van der Waals surface area contributed by atoms with Gasteiger partial charge in [0.05, 0.1) is 12.2 Å². The van der Waals surface area contributed by atoms with Gasteiger partial charge < -0.3 is 4.74 Å². The summed E-state index contributed by atoms with van der Waals surface area (Å²) in [5.41, 5.74) is 1.97. The minimum Gasteiger partial charge on any atom is -0.462 e. The van der Waals surface area contributed by atoms with Crippen LogP contribution in [0.5, 0.6) is 0 Å². The van der Waals surface area contributed by atoms with E-state index in [0.717, 1.165) is 6.42 Å². The van der Waals surface area contributed by atoms with Crippen molar-refractivity contribution in [3.63, 3.8) is 0 Å². The van der Waals surface area contributed by atoms with Crippen molar-refractivity contribution in [3.8, 4) is 0 Å². The molecule has 0 unspecified atom stereocenters. The quantitative estimate of drug-likeness (QED) is 0.339. The molecule has 0 aromatic heterocycles. The number of carbonyl (C=O) groups excluding carboxylic acids is 1. The fourth-order valence-electron chi connectivity index (χ4n) is 2.60. The van der Waals surface area contributed by atoms with Crippen LogP contribution in [0.4, 0.5) is 0 Å². The van der Waals surface area contributed by atoms with E-state index in [1.54, 1.807) is 0 Å². The number of rotatable bonds is 12. The van der Waals surface area contributed by atoms with Crippen LogP contribution in [0.3, 0.4) is 0 Å². The zero-order valence-corrected chi connectivity index (χ0v) is 15.3. The standard InChI is InChI=1S/C21H34O2/c1-4-5-6-7-8-9-10-11-12-19-13-15-20(16-14-19)21(22)23-17-18(2)3/h13-16,18H,4-12,17H2,1-3H3. The molecule has 0 amide bonds. The van der Waals surface area contributed by atoms with E-state index in [4.69, 9.17) is 4.74 Å². The maximum atomic E-state index is 11.8. The molecule has 1 rings (SSSR count). The van der Waals surface area contributed by atoms with Gasteiger partial charge in [-0.2, -0.15) is 0 Å². The average Bonchev–Trinajstić information content (AvgIpc) is 2.55. The predicted molar refractivity (Wildman–Crippen MR) is 97.9 cm³/mol. The molecule has 0 N–H and O–H groups in total. The lowest BCUT2D eigenvalue weighted by Gasteiger charge is -2.08. The molecule has 0 heterocycles. The molecule has 0 fully saturated rings. The Morgan fingerprint density at radius 2 is 1.48 bits per heavy atom. The Balaban J connectivity index is 2.17. The van der Waals surface area contributed by atoms with E-state index in [9.17, 15) is 4.79 Å². The molecule has 0 radical (unpaired) electrons. The summed E-state index contributed by atoms with van der Waals surface area (Å²) < 4.78 is 5.24. The summed E-state index contributed by atoms with van der Waals surface area (Å²) in [5.74, 6) is 0.164. The van der Waals surface area contributed by atoms with Gasteiger partial charge in [-0.1, -0.05) is 77.8 Å². The molecule has 0 saturated heterocycles. The van der Waals surface area contributed by atoms with Crippen molar-refractivity contribution in [3.05, 3.63) is 35.4 Å². The van der Waals surface area contributed by atoms with Gasteiger partial charge >= 0.3 is 5.97 Å².